The second kappa shape index (κ2) is 7.63. The Morgan fingerprint density at radius 2 is 2.23 bits per heavy atom. The van der Waals surface area contributed by atoms with Crippen molar-refractivity contribution in [1.82, 2.24) is 34.8 Å². The molecule has 1 N–H and O–H groups in total. The van der Waals surface area contributed by atoms with E-state index < -0.39 is 6.17 Å². The number of aromatic nitrogens is 5. The molecule has 3 rings (SSSR count). The maximum atomic E-state index is 13.9. The molecule has 1 saturated heterocycles. The Hall–Kier alpha value is -2.78. The van der Waals surface area contributed by atoms with Crippen LogP contribution in [-0.4, -0.2) is 66.1 Å². The lowest BCUT2D eigenvalue weighted by atomic mass is 10.2. The number of nitrogens with zero attached hydrogens (tertiary/aromatic N) is 6. The molecule has 2 atom stereocenters. The normalized spacial score (nSPS) is 19.9. The Kier molecular flexibility index (Phi) is 5.29. The Morgan fingerprint density at radius 3 is 2.92 bits per heavy atom. The van der Waals surface area contributed by atoms with Crippen LogP contribution < -0.4 is 5.32 Å². The van der Waals surface area contributed by atoms with E-state index in [-0.39, 0.29) is 55.6 Å². The van der Waals surface area contributed by atoms with Gasteiger partial charge in [0.05, 0.1) is 31.7 Å². The number of halogens is 1. The first-order valence-corrected chi connectivity index (χ1v) is 8.52. The molecular formula is C16H22FN7O2. The van der Waals surface area contributed by atoms with Crippen molar-refractivity contribution in [1.29, 1.82) is 0 Å². The molecule has 1 fully saturated rings. The molecule has 2 amide bonds. The van der Waals surface area contributed by atoms with E-state index in [1.165, 1.54) is 15.8 Å². The highest BCUT2D eigenvalue weighted by molar-refractivity contribution is 5.91. The van der Waals surface area contributed by atoms with Crippen molar-refractivity contribution in [3.05, 3.63) is 30.6 Å². The summed E-state index contributed by atoms with van der Waals surface area (Å²) >= 11 is 0. The molecule has 3 heterocycles. The second-order valence-corrected chi connectivity index (χ2v) is 6.72. The Morgan fingerprint density at radius 1 is 1.42 bits per heavy atom. The third-order valence-corrected chi connectivity index (χ3v) is 4.15. The predicted octanol–water partition coefficient (Wildman–Crippen LogP) is 0.252. The Bertz CT molecular complexity index is 759. The van der Waals surface area contributed by atoms with Crippen LogP contribution in [0.1, 0.15) is 30.8 Å². The highest BCUT2D eigenvalue weighted by Crippen LogP contribution is 2.22. The number of nitrogens with one attached hydrogen (secondary N) is 1. The SMILES string of the molecule is CC(C)NC(=O)c1cn(C[C@@H]2C[C@H](F)CN2C(=O)Cn2ccnc2)nn1. The predicted molar refractivity (Wildman–Crippen MR) is 89.9 cm³/mol. The number of amides is 2. The summed E-state index contributed by atoms with van der Waals surface area (Å²) in [6.45, 7) is 4.17. The van der Waals surface area contributed by atoms with Gasteiger partial charge >= 0.3 is 0 Å². The van der Waals surface area contributed by atoms with Crippen molar-refractivity contribution >= 4 is 11.8 Å². The number of rotatable bonds is 6. The summed E-state index contributed by atoms with van der Waals surface area (Å²) in [5.74, 6) is -0.486. The van der Waals surface area contributed by atoms with Gasteiger partial charge in [-0.2, -0.15) is 0 Å². The Labute approximate surface area is 150 Å². The molecule has 2 aromatic rings. The largest absolute Gasteiger partial charge is 0.348 e. The van der Waals surface area contributed by atoms with Crippen LogP contribution in [0.15, 0.2) is 24.9 Å². The molecule has 1 aliphatic rings. The van der Waals surface area contributed by atoms with Gasteiger partial charge in [-0.05, 0) is 13.8 Å². The number of hydrogen-bond donors (Lipinski definition) is 1. The van der Waals surface area contributed by atoms with E-state index >= 15 is 0 Å². The zero-order valence-corrected chi connectivity index (χ0v) is 14.7. The fraction of sp³-hybridized carbons (Fsp3) is 0.562. The van der Waals surface area contributed by atoms with Gasteiger partial charge in [0.15, 0.2) is 5.69 Å². The Balaban J connectivity index is 1.65. The molecule has 2 aromatic heterocycles. The number of imidazole rings is 1. The van der Waals surface area contributed by atoms with Crippen molar-refractivity contribution in [3.63, 3.8) is 0 Å². The highest BCUT2D eigenvalue weighted by Gasteiger charge is 2.35. The number of hydrogen-bond acceptors (Lipinski definition) is 5. The van der Waals surface area contributed by atoms with Gasteiger partial charge in [-0.25, -0.2) is 14.1 Å². The van der Waals surface area contributed by atoms with E-state index in [1.807, 2.05) is 13.8 Å². The van der Waals surface area contributed by atoms with E-state index in [2.05, 4.69) is 20.6 Å². The molecule has 0 aliphatic carbocycles. The van der Waals surface area contributed by atoms with Crippen LogP contribution in [0.3, 0.4) is 0 Å². The molecule has 26 heavy (non-hydrogen) atoms. The monoisotopic (exact) mass is 363 g/mol. The van der Waals surface area contributed by atoms with Gasteiger partial charge < -0.3 is 14.8 Å². The molecule has 140 valence electrons. The minimum Gasteiger partial charge on any atom is -0.348 e. The van der Waals surface area contributed by atoms with Gasteiger partial charge in [0.1, 0.15) is 12.7 Å². The maximum absolute atomic E-state index is 13.9. The first kappa shape index (κ1) is 18.0. The summed E-state index contributed by atoms with van der Waals surface area (Å²) in [5.41, 5.74) is 0.199. The lowest BCUT2D eigenvalue weighted by Crippen LogP contribution is -2.40. The molecule has 0 saturated carbocycles. The molecular weight excluding hydrogens is 341 g/mol. The molecule has 0 spiro atoms. The summed E-state index contributed by atoms with van der Waals surface area (Å²) in [5, 5.41) is 10.5. The zero-order valence-electron chi connectivity index (χ0n) is 14.7. The van der Waals surface area contributed by atoms with Crippen molar-refractivity contribution in [2.45, 2.75) is 51.6 Å². The summed E-state index contributed by atoms with van der Waals surface area (Å²) in [6, 6.07) is -0.338. The second-order valence-electron chi connectivity index (χ2n) is 6.72. The van der Waals surface area contributed by atoms with Gasteiger partial charge in [-0.3, -0.25) is 9.59 Å². The number of carbonyl (C=O) groups excluding carboxylic acids is 2. The van der Waals surface area contributed by atoms with Crippen LogP contribution in [0.4, 0.5) is 4.39 Å². The van der Waals surface area contributed by atoms with Crippen molar-refractivity contribution in [2.24, 2.45) is 0 Å². The van der Waals surface area contributed by atoms with Crippen LogP contribution in [0.5, 0.6) is 0 Å². The minimum atomic E-state index is -1.07. The first-order chi connectivity index (χ1) is 12.4. The molecule has 0 aromatic carbocycles. The van der Waals surface area contributed by atoms with Crippen molar-refractivity contribution < 1.29 is 14.0 Å². The minimum absolute atomic E-state index is 0.00827. The fourth-order valence-electron chi connectivity index (χ4n) is 3.01. The van der Waals surface area contributed by atoms with E-state index in [9.17, 15) is 14.0 Å². The number of alkyl halides is 1. The fourth-order valence-corrected chi connectivity index (χ4v) is 3.01. The van der Waals surface area contributed by atoms with Gasteiger partial charge in [-0.15, -0.1) is 5.10 Å². The smallest absolute Gasteiger partial charge is 0.273 e. The molecule has 0 unspecified atom stereocenters. The van der Waals surface area contributed by atoms with E-state index in [0.717, 1.165) is 0 Å². The summed E-state index contributed by atoms with van der Waals surface area (Å²) in [7, 11) is 0. The highest BCUT2D eigenvalue weighted by atomic mass is 19.1. The van der Waals surface area contributed by atoms with Gasteiger partial charge in [-0.1, -0.05) is 5.21 Å². The quantitative estimate of drug-likeness (QED) is 0.793. The van der Waals surface area contributed by atoms with E-state index in [0.29, 0.717) is 0 Å². The molecule has 0 bridgehead atoms. The lowest BCUT2D eigenvalue weighted by Gasteiger charge is -2.24. The molecule has 1 aliphatic heterocycles. The van der Waals surface area contributed by atoms with Gasteiger partial charge in [0, 0.05) is 24.9 Å². The maximum Gasteiger partial charge on any atom is 0.273 e. The van der Waals surface area contributed by atoms with Crippen LogP contribution in [0.2, 0.25) is 0 Å². The third-order valence-electron chi connectivity index (χ3n) is 4.15. The van der Waals surface area contributed by atoms with E-state index in [1.54, 1.807) is 23.3 Å². The lowest BCUT2D eigenvalue weighted by molar-refractivity contribution is -0.133. The number of carbonyl (C=O) groups is 2. The van der Waals surface area contributed by atoms with Crippen molar-refractivity contribution in [2.75, 3.05) is 6.54 Å². The summed E-state index contributed by atoms with van der Waals surface area (Å²) in [6.07, 6.45) is 5.51. The molecule has 0 radical (unpaired) electrons. The van der Waals surface area contributed by atoms with Crippen LogP contribution in [-0.2, 0) is 17.9 Å². The topological polar surface area (TPSA) is 97.9 Å². The van der Waals surface area contributed by atoms with Crippen molar-refractivity contribution in [3.8, 4) is 0 Å². The van der Waals surface area contributed by atoms with Gasteiger partial charge in [0.25, 0.3) is 5.91 Å². The summed E-state index contributed by atoms with van der Waals surface area (Å²) in [4.78, 5) is 29.9. The first-order valence-electron chi connectivity index (χ1n) is 8.52. The third kappa shape index (κ3) is 4.24. The standard InChI is InChI=1S/C16H22FN7O2/c1-11(2)19-16(26)14-8-23(21-20-14)7-13-5-12(17)6-24(13)15(25)9-22-4-3-18-10-22/h3-4,8,10-13H,5-7,9H2,1-2H3,(H,19,26)/t12-,13-/m0/s1. The molecule has 9 nitrogen and oxygen atoms in total. The average Bonchev–Trinajstić information content (AvgIpc) is 3.28. The van der Waals surface area contributed by atoms with Crippen LogP contribution in [0.25, 0.3) is 0 Å². The number of likely N-dealkylation sites (tertiary alicyclic amines) is 1. The van der Waals surface area contributed by atoms with Crippen LogP contribution >= 0.6 is 0 Å². The van der Waals surface area contributed by atoms with Crippen LogP contribution in [0, 0.1) is 0 Å². The van der Waals surface area contributed by atoms with E-state index in [4.69, 9.17) is 0 Å². The zero-order chi connectivity index (χ0) is 18.7. The summed E-state index contributed by atoms with van der Waals surface area (Å²) < 4.78 is 17.0. The molecule has 10 heteroatoms. The van der Waals surface area contributed by atoms with Gasteiger partial charge in [0.2, 0.25) is 5.91 Å². The average molecular weight is 363 g/mol.